The van der Waals surface area contributed by atoms with E-state index in [1.807, 2.05) is 5.32 Å². The Morgan fingerprint density at radius 3 is 2.45 bits per heavy atom. The van der Waals surface area contributed by atoms with Gasteiger partial charge in [0.2, 0.25) is 5.91 Å². The van der Waals surface area contributed by atoms with E-state index in [9.17, 15) is 26.7 Å². The molecule has 1 unspecified atom stereocenters. The van der Waals surface area contributed by atoms with E-state index < -0.39 is 36.4 Å². The van der Waals surface area contributed by atoms with Crippen LogP contribution in [0.2, 0.25) is 0 Å². The molecule has 0 heterocycles. The zero-order valence-corrected chi connectivity index (χ0v) is 10.2. The quantitative estimate of drug-likeness (QED) is 0.816. The summed E-state index contributed by atoms with van der Waals surface area (Å²) in [4.78, 5) is 11.2. The predicted octanol–water partition coefficient (Wildman–Crippen LogP) is 1.94. The van der Waals surface area contributed by atoms with Crippen molar-refractivity contribution in [3.8, 4) is 0 Å². The lowest BCUT2D eigenvalue weighted by atomic mass is 10.1. The number of alkyl halides is 3. The third-order valence-corrected chi connectivity index (χ3v) is 2.50. The molecule has 1 rings (SSSR count). The van der Waals surface area contributed by atoms with Crippen molar-refractivity contribution in [2.75, 3.05) is 6.54 Å². The number of carbonyl (C=O) groups is 1. The molecule has 0 bridgehead atoms. The molecule has 1 atom stereocenters. The van der Waals surface area contributed by atoms with E-state index in [1.54, 1.807) is 0 Å². The molecule has 8 heteroatoms. The van der Waals surface area contributed by atoms with Crippen molar-refractivity contribution in [3.05, 3.63) is 35.4 Å². The smallest absolute Gasteiger partial charge is 0.382 e. The Bertz CT molecular complexity index is 475. The number of aliphatic hydroxyl groups excluding tert-OH is 1. The van der Waals surface area contributed by atoms with Crippen molar-refractivity contribution in [3.63, 3.8) is 0 Å². The van der Waals surface area contributed by atoms with Gasteiger partial charge in [-0.3, -0.25) is 4.79 Å². The lowest BCUT2D eigenvalue weighted by Crippen LogP contribution is -2.40. The molecule has 1 aromatic rings. The van der Waals surface area contributed by atoms with Gasteiger partial charge in [-0.2, -0.15) is 13.2 Å². The molecule has 0 aliphatic heterocycles. The van der Waals surface area contributed by atoms with Gasteiger partial charge in [0.1, 0.15) is 0 Å². The SMILES string of the molecule is O=C(CCc1ccc(F)c(F)c1)NCC(O)C(F)(F)F. The highest BCUT2D eigenvalue weighted by atomic mass is 19.4. The van der Waals surface area contributed by atoms with Crippen molar-refractivity contribution in [1.82, 2.24) is 5.32 Å². The Balaban J connectivity index is 2.38. The fraction of sp³-hybridized carbons (Fsp3) is 0.417. The molecular formula is C12H12F5NO2. The van der Waals surface area contributed by atoms with Crippen LogP contribution in [0.15, 0.2) is 18.2 Å². The molecule has 3 nitrogen and oxygen atoms in total. The zero-order valence-electron chi connectivity index (χ0n) is 10.2. The second-order valence-electron chi connectivity index (χ2n) is 4.11. The summed E-state index contributed by atoms with van der Waals surface area (Å²) in [6.07, 6.45) is -7.58. The minimum atomic E-state index is -4.80. The van der Waals surface area contributed by atoms with Gasteiger partial charge in [0, 0.05) is 6.42 Å². The van der Waals surface area contributed by atoms with Crippen molar-refractivity contribution in [1.29, 1.82) is 0 Å². The molecular weight excluding hydrogens is 285 g/mol. The largest absolute Gasteiger partial charge is 0.416 e. The number of rotatable bonds is 5. The van der Waals surface area contributed by atoms with Crippen LogP contribution in [0, 0.1) is 11.6 Å². The first-order valence-electron chi connectivity index (χ1n) is 5.65. The minimum Gasteiger partial charge on any atom is -0.382 e. The minimum absolute atomic E-state index is 0.0468. The summed E-state index contributed by atoms with van der Waals surface area (Å²) in [6.45, 7) is -0.944. The summed E-state index contributed by atoms with van der Waals surface area (Å²) >= 11 is 0. The Kier molecular flexibility index (Phi) is 5.43. The van der Waals surface area contributed by atoms with Crippen LogP contribution in [0.25, 0.3) is 0 Å². The maximum atomic E-state index is 12.9. The first-order chi connectivity index (χ1) is 9.20. The molecule has 0 radical (unpaired) electrons. The van der Waals surface area contributed by atoms with Crippen LogP contribution < -0.4 is 5.32 Å². The van der Waals surface area contributed by atoms with Gasteiger partial charge in [-0.15, -0.1) is 0 Å². The van der Waals surface area contributed by atoms with Crippen LogP contribution in [0.1, 0.15) is 12.0 Å². The standard InChI is InChI=1S/C12H12F5NO2/c13-8-3-1-7(5-9(8)14)2-4-11(20)18-6-10(19)12(15,16)17/h1,3,5,10,19H,2,4,6H2,(H,18,20). The summed E-state index contributed by atoms with van der Waals surface area (Å²) in [7, 11) is 0. The average molecular weight is 297 g/mol. The third-order valence-electron chi connectivity index (χ3n) is 2.50. The first-order valence-corrected chi connectivity index (χ1v) is 5.65. The fourth-order valence-electron chi connectivity index (χ4n) is 1.37. The second kappa shape index (κ2) is 6.65. The van der Waals surface area contributed by atoms with E-state index in [2.05, 4.69) is 0 Å². The van der Waals surface area contributed by atoms with Crippen molar-refractivity contribution in [2.24, 2.45) is 0 Å². The normalized spacial score (nSPS) is 13.1. The number of nitrogens with one attached hydrogen (secondary N) is 1. The molecule has 0 aliphatic carbocycles. The van der Waals surface area contributed by atoms with E-state index in [0.29, 0.717) is 5.56 Å². The number of aryl methyl sites for hydroxylation is 1. The summed E-state index contributed by atoms with van der Waals surface area (Å²) in [5.41, 5.74) is 0.343. The number of amides is 1. The number of hydrogen-bond acceptors (Lipinski definition) is 2. The summed E-state index contributed by atoms with van der Waals surface area (Å²) in [5.74, 6) is -2.81. The van der Waals surface area contributed by atoms with Crippen molar-refractivity contribution < 1.29 is 31.9 Å². The van der Waals surface area contributed by atoms with E-state index in [1.165, 1.54) is 6.07 Å². The molecule has 0 aromatic heterocycles. The zero-order chi connectivity index (χ0) is 15.3. The Hall–Kier alpha value is -1.70. The van der Waals surface area contributed by atoms with Crippen LogP contribution in [0.3, 0.4) is 0 Å². The summed E-state index contributed by atoms with van der Waals surface area (Å²) in [6, 6.07) is 3.08. The molecule has 1 amide bonds. The molecule has 0 saturated heterocycles. The highest BCUT2D eigenvalue weighted by molar-refractivity contribution is 5.76. The van der Waals surface area contributed by atoms with Gasteiger partial charge in [0.15, 0.2) is 17.7 Å². The number of carbonyl (C=O) groups excluding carboxylic acids is 1. The van der Waals surface area contributed by atoms with Gasteiger partial charge < -0.3 is 10.4 Å². The Morgan fingerprint density at radius 2 is 1.90 bits per heavy atom. The number of halogens is 5. The topological polar surface area (TPSA) is 49.3 Å². The number of hydrogen-bond donors (Lipinski definition) is 2. The highest BCUT2D eigenvalue weighted by Gasteiger charge is 2.38. The lowest BCUT2D eigenvalue weighted by molar-refractivity contribution is -0.201. The maximum Gasteiger partial charge on any atom is 0.416 e. The van der Waals surface area contributed by atoms with Crippen LogP contribution in [0.4, 0.5) is 22.0 Å². The molecule has 0 fully saturated rings. The summed E-state index contributed by atoms with van der Waals surface area (Å²) < 4.78 is 61.3. The maximum absolute atomic E-state index is 12.9. The van der Waals surface area contributed by atoms with Crippen LogP contribution in [-0.4, -0.2) is 29.8 Å². The predicted molar refractivity (Wildman–Crippen MR) is 59.8 cm³/mol. The molecule has 20 heavy (non-hydrogen) atoms. The second-order valence-corrected chi connectivity index (χ2v) is 4.11. The van der Waals surface area contributed by atoms with Crippen LogP contribution in [-0.2, 0) is 11.2 Å². The Morgan fingerprint density at radius 1 is 1.25 bits per heavy atom. The van der Waals surface area contributed by atoms with Gasteiger partial charge in [-0.1, -0.05) is 6.07 Å². The lowest BCUT2D eigenvalue weighted by Gasteiger charge is -2.14. The van der Waals surface area contributed by atoms with Gasteiger partial charge in [0.05, 0.1) is 6.54 Å². The molecule has 0 spiro atoms. The van der Waals surface area contributed by atoms with Gasteiger partial charge >= 0.3 is 6.18 Å². The van der Waals surface area contributed by atoms with Crippen molar-refractivity contribution in [2.45, 2.75) is 25.1 Å². The molecule has 2 N–H and O–H groups in total. The van der Waals surface area contributed by atoms with E-state index in [4.69, 9.17) is 5.11 Å². The fourth-order valence-corrected chi connectivity index (χ4v) is 1.37. The Labute approximate surface area is 111 Å². The van der Waals surface area contributed by atoms with Gasteiger partial charge in [-0.05, 0) is 24.1 Å². The third kappa shape index (κ3) is 5.12. The van der Waals surface area contributed by atoms with E-state index >= 15 is 0 Å². The average Bonchev–Trinajstić information content (AvgIpc) is 2.36. The van der Waals surface area contributed by atoms with Crippen molar-refractivity contribution >= 4 is 5.91 Å². The molecule has 1 aromatic carbocycles. The van der Waals surface area contributed by atoms with Crippen LogP contribution >= 0.6 is 0 Å². The molecule has 0 saturated carbocycles. The summed E-state index contributed by atoms with van der Waals surface area (Å²) in [5, 5.41) is 10.6. The van der Waals surface area contributed by atoms with Gasteiger partial charge in [0.25, 0.3) is 0 Å². The molecule has 112 valence electrons. The monoisotopic (exact) mass is 297 g/mol. The number of aliphatic hydroxyl groups is 1. The van der Waals surface area contributed by atoms with E-state index in [0.717, 1.165) is 12.1 Å². The van der Waals surface area contributed by atoms with E-state index in [-0.39, 0.29) is 12.8 Å². The van der Waals surface area contributed by atoms with Crippen LogP contribution in [0.5, 0.6) is 0 Å². The van der Waals surface area contributed by atoms with Gasteiger partial charge in [-0.25, -0.2) is 8.78 Å². The first kappa shape index (κ1) is 16.4. The molecule has 0 aliphatic rings. The highest BCUT2D eigenvalue weighted by Crippen LogP contribution is 2.19. The number of benzene rings is 1.